The van der Waals surface area contributed by atoms with Crippen LogP contribution in [0.25, 0.3) is 11.1 Å². The van der Waals surface area contributed by atoms with Gasteiger partial charge in [-0.15, -0.1) is 11.6 Å². The van der Waals surface area contributed by atoms with Gasteiger partial charge in [0.15, 0.2) is 0 Å². The van der Waals surface area contributed by atoms with Gasteiger partial charge in [-0.3, -0.25) is 0 Å². The molecule has 0 N–H and O–H groups in total. The summed E-state index contributed by atoms with van der Waals surface area (Å²) in [6.45, 7) is 0. The van der Waals surface area contributed by atoms with Gasteiger partial charge in [-0.1, -0.05) is 24.3 Å². The lowest BCUT2D eigenvalue weighted by Crippen LogP contribution is -2.09. The van der Waals surface area contributed by atoms with Gasteiger partial charge in [-0.05, 0) is 34.9 Å². The van der Waals surface area contributed by atoms with Gasteiger partial charge < -0.3 is 0 Å². The molecule has 0 amide bonds. The Labute approximate surface area is 127 Å². The fourth-order valence-corrected chi connectivity index (χ4v) is 2.19. The molecule has 0 aliphatic carbocycles. The number of halogens is 7. The summed E-state index contributed by atoms with van der Waals surface area (Å²) < 4.78 is 77.5. The standard InChI is InChI=1S/C15H9ClF6/c16-8-9-4-5-12(13(6-9)15(20,21)22)10-2-1-3-11(7-10)14(17,18)19/h1-7H,8H2. The third-order valence-corrected chi connectivity index (χ3v) is 3.35. The van der Waals surface area contributed by atoms with Crippen LogP contribution in [0, 0.1) is 0 Å². The molecule has 22 heavy (non-hydrogen) atoms. The van der Waals surface area contributed by atoms with E-state index < -0.39 is 23.5 Å². The minimum absolute atomic E-state index is 0.119. The van der Waals surface area contributed by atoms with Crippen molar-refractivity contribution in [3.8, 4) is 11.1 Å². The van der Waals surface area contributed by atoms with Crippen LogP contribution in [0.1, 0.15) is 16.7 Å². The molecule has 0 spiro atoms. The molecule has 7 heteroatoms. The molecule has 0 aliphatic heterocycles. The summed E-state index contributed by atoms with van der Waals surface area (Å²) in [6, 6.07) is 7.14. The van der Waals surface area contributed by atoms with E-state index in [1.807, 2.05) is 0 Å². The van der Waals surface area contributed by atoms with Crippen LogP contribution in [-0.4, -0.2) is 0 Å². The van der Waals surface area contributed by atoms with Gasteiger partial charge >= 0.3 is 12.4 Å². The molecular weight excluding hydrogens is 330 g/mol. The first kappa shape index (κ1) is 16.7. The molecule has 0 bridgehead atoms. The predicted molar refractivity (Wildman–Crippen MR) is 71.4 cm³/mol. The van der Waals surface area contributed by atoms with Crippen molar-refractivity contribution in [1.82, 2.24) is 0 Å². The van der Waals surface area contributed by atoms with Crippen LogP contribution >= 0.6 is 11.6 Å². The second-order valence-corrected chi connectivity index (χ2v) is 4.86. The summed E-state index contributed by atoms with van der Waals surface area (Å²) in [5.41, 5.74) is -2.23. The predicted octanol–water partition coefficient (Wildman–Crippen LogP) is 6.13. The summed E-state index contributed by atoms with van der Waals surface area (Å²) in [7, 11) is 0. The average molecular weight is 339 g/mol. The van der Waals surface area contributed by atoms with E-state index in [-0.39, 0.29) is 22.6 Å². The topological polar surface area (TPSA) is 0 Å². The third kappa shape index (κ3) is 3.55. The lowest BCUT2D eigenvalue weighted by molar-refractivity contribution is -0.137. The van der Waals surface area contributed by atoms with E-state index in [1.165, 1.54) is 12.1 Å². The van der Waals surface area contributed by atoms with Crippen LogP contribution in [0.15, 0.2) is 42.5 Å². The molecule has 0 aliphatic rings. The van der Waals surface area contributed by atoms with Crippen LogP contribution in [0.3, 0.4) is 0 Å². The van der Waals surface area contributed by atoms with Crippen LogP contribution in [-0.2, 0) is 18.2 Å². The molecule has 0 aromatic heterocycles. The molecule has 0 saturated heterocycles. The van der Waals surface area contributed by atoms with Crippen LogP contribution in [0.2, 0.25) is 0 Å². The van der Waals surface area contributed by atoms with Crippen LogP contribution in [0.4, 0.5) is 26.3 Å². The summed E-state index contributed by atoms with van der Waals surface area (Å²) >= 11 is 5.52. The SMILES string of the molecule is FC(F)(F)c1cccc(-c2ccc(CCl)cc2C(F)(F)F)c1. The Morgan fingerprint density at radius 2 is 1.50 bits per heavy atom. The highest BCUT2D eigenvalue weighted by molar-refractivity contribution is 6.17. The second kappa shape index (κ2) is 5.83. The maximum atomic E-state index is 13.1. The van der Waals surface area contributed by atoms with Crippen molar-refractivity contribution >= 4 is 11.6 Å². The van der Waals surface area contributed by atoms with Crippen molar-refractivity contribution in [3.63, 3.8) is 0 Å². The zero-order chi connectivity index (χ0) is 16.5. The Bertz CT molecular complexity index is 672. The number of alkyl halides is 7. The van der Waals surface area contributed by atoms with Crippen molar-refractivity contribution in [2.45, 2.75) is 18.2 Å². The lowest BCUT2D eigenvalue weighted by Gasteiger charge is -2.15. The number of benzene rings is 2. The van der Waals surface area contributed by atoms with Crippen molar-refractivity contribution < 1.29 is 26.3 Å². The van der Waals surface area contributed by atoms with Crippen molar-refractivity contribution in [2.75, 3.05) is 0 Å². The lowest BCUT2D eigenvalue weighted by atomic mass is 9.96. The molecule has 0 unspecified atom stereocenters. The maximum absolute atomic E-state index is 13.1. The molecule has 0 heterocycles. The largest absolute Gasteiger partial charge is 0.417 e. The van der Waals surface area contributed by atoms with E-state index in [2.05, 4.69) is 0 Å². The van der Waals surface area contributed by atoms with Gasteiger partial charge in [0, 0.05) is 5.88 Å². The van der Waals surface area contributed by atoms with Crippen molar-refractivity contribution in [2.24, 2.45) is 0 Å². The minimum Gasteiger partial charge on any atom is -0.166 e. The summed E-state index contributed by atoms with van der Waals surface area (Å²) in [5, 5.41) is 0. The zero-order valence-electron chi connectivity index (χ0n) is 10.9. The quantitative estimate of drug-likeness (QED) is 0.456. The Hall–Kier alpha value is -1.69. The molecule has 0 atom stereocenters. The molecule has 0 saturated carbocycles. The van der Waals surface area contributed by atoms with Gasteiger partial charge in [-0.25, -0.2) is 0 Å². The molecule has 118 valence electrons. The van der Waals surface area contributed by atoms with Gasteiger partial charge in [0.25, 0.3) is 0 Å². The summed E-state index contributed by atoms with van der Waals surface area (Å²) in [5.74, 6) is -0.119. The maximum Gasteiger partial charge on any atom is 0.417 e. The van der Waals surface area contributed by atoms with Crippen molar-refractivity contribution in [3.05, 3.63) is 59.2 Å². The Morgan fingerprint density at radius 3 is 2.05 bits per heavy atom. The highest BCUT2D eigenvalue weighted by Gasteiger charge is 2.35. The Balaban J connectivity index is 2.62. The van der Waals surface area contributed by atoms with E-state index >= 15 is 0 Å². The number of hydrogen-bond acceptors (Lipinski definition) is 0. The monoisotopic (exact) mass is 338 g/mol. The normalized spacial score (nSPS) is 12.5. The van der Waals surface area contributed by atoms with E-state index in [0.29, 0.717) is 6.07 Å². The molecule has 2 aromatic rings. The van der Waals surface area contributed by atoms with Gasteiger partial charge in [0.05, 0.1) is 11.1 Å². The molecule has 2 aromatic carbocycles. The fraction of sp³-hybridized carbons (Fsp3) is 0.200. The first-order chi connectivity index (χ1) is 10.1. The highest BCUT2D eigenvalue weighted by atomic mass is 35.5. The molecule has 0 fully saturated rings. The van der Waals surface area contributed by atoms with Gasteiger partial charge in [-0.2, -0.15) is 26.3 Å². The number of hydrogen-bond donors (Lipinski definition) is 0. The van der Waals surface area contributed by atoms with E-state index in [9.17, 15) is 26.3 Å². The first-order valence-corrected chi connectivity index (χ1v) is 6.60. The smallest absolute Gasteiger partial charge is 0.166 e. The zero-order valence-corrected chi connectivity index (χ0v) is 11.7. The molecule has 0 radical (unpaired) electrons. The van der Waals surface area contributed by atoms with Crippen molar-refractivity contribution in [1.29, 1.82) is 0 Å². The van der Waals surface area contributed by atoms with Crippen LogP contribution < -0.4 is 0 Å². The summed E-state index contributed by atoms with van der Waals surface area (Å²) in [6.07, 6.45) is -9.31. The van der Waals surface area contributed by atoms with E-state index in [0.717, 1.165) is 24.3 Å². The van der Waals surface area contributed by atoms with Gasteiger partial charge in [0.1, 0.15) is 0 Å². The Morgan fingerprint density at radius 1 is 0.818 bits per heavy atom. The highest BCUT2D eigenvalue weighted by Crippen LogP contribution is 2.39. The van der Waals surface area contributed by atoms with Crippen LogP contribution in [0.5, 0.6) is 0 Å². The van der Waals surface area contributed by atoms with E-state index in [4.69, 9.17) is 11.6 Å². The first-order valence-electron chi connectivity index (χ1n) is 6.06. The third-order valence-electron chi connectivity index (χ3n) is 3.04. The fourth-order valence-electron chi connectivity index (χ4n) is 2.02. The number of rotatable bonds is 2. The molecule has 2 rings (SSSR count). The Kier molecular flexibility index (Phi) is 4.42. The summed E-state index contributed by atoms with van der Waals surface area (Å²) in [4.78, 5) is 0. The average Bonchev–Trinajstić information content (AvgIpc) is 2.45. The molecular formula is C15H9ClF6. The molecule has 0 nitrogen and oxygen atoms in total. The van der Waals surface area contributed by atoms with Gasteiger partial charge in [0.2, 0.25) is 0 Å². The second-order valence-electron chi connectivity index (χ2n) is 4.59. The minimum atomic E-state index is -4.69. The van der Waals surface area contributed by atoms with E-state index in [1.54, 1.807) is 0 Å².